The van der Waals surface area contributed by atoms with Gasteiger partial charge in [-0.25, -0.2) is 8.42 Å². The second-order valence-electron chi connectivity index (χ2n) is 8.01. The summed E-state index contributed by atoms with van der Waals surface area (Å²) in [6, 6.07) is 29.3. The molecule has 4 rings (SSSR count). The summed E-state index contributed by atoms with van der Waals surface area (Å²) in [5.41, 5.74) is 2.92. The number of sulfonamides is 1. The largest absolute Gasteiger partial charge is 0.497 e. The minimum atomic E-state index is -3.81. The molecule has 0 radical (unpaired) electrons. The number of carbonyl (C=O) groups excluding carboxylic acids is 1. The highest BCUT2D eigenvalue weighted by molar-refractivity contribution is 7.92. The maximum Gasteiger partial charge on any atom is 0.261 e. The third-order valence-corrected chi connectivity index (χ3v) is 6.92. The highest BCUT2D eigenvalue weighted by Gasteiger charge is 2.16. The van der Waals surface area contributed by atoms with Crippen LogP contribution in [0, 0.1) is 0 Å². The molecule has 0 bridgehead atoms. The number of anilines is 2. The minimum Gasteiger partial charge on any atom is -0.497 e. The van der Waals surface area contributed by atoms with Crippen LogP contribution in [0.2, 0.25) is 0 Å². The van der Waals surface area contributed by atoms with Gasteiger partial charge in [0.25, 0.3) is 15.9 Å². The molecule has 0 aliphatic carbocycles. The van der Waals surface area contributed by atoms with E-state index in [1.807, 2.05) is 54.6 Å². The third-order valence-electron chi connectivity index (χ3n) is 5.52. The van der Waals surface area contributed by atoms with E-state index in [1.165, 1.54) is 19.2 Å². The zero-order chi connectivity index (χ0) is 26.3. The molecule has 0 atom stereocenters. The number of benzene rings is 4. The van der Waals surface area contributed by atoms with Crippen molar-refractivity contribution in [1.29, 1.82) is 0 Å². The molecule has 1 amide bonds. The second-order valence-corrected chi connectivity index (χ2v) is 9.69. The molecule has 0 aliphatic heterocycles. The summed E-state index contributed by atoms with van der Waals surface area (Å²) in [6.45, 7) is 0. The molecule has 188 valence electrons. The Kier molecular flexibility index (Phi) is 7.90. The first-order valence-corrected chi connectivity index (χ1v) is 12.9. The number of hydrogen-bond donors (Lipinski definition) is 2. The molecule has 4 aromatic carbocycles. The Labute approximate surface area is 216 Å². The molecule has 0 unspecified atom stereocenters. The molecule has 0 saturated carbocycles. The van der Waals surface area contributed by atoms with Crippen LogP contribution in [0.25, 0.3) is 11.6 Å². The van der Waals surface area contributed by atoms with Gasteiger partial charge in [0.2, 0.25) is 0 Å². The molecule has 0 aromatic heterocycles. The van der Waals surface area contributed by atoms with Crippen LogP contribution in [-0.4, -0.2) is 28.5 Å². The van der Waals surface area contributed by atoms with Crippen LogP contribution in [-0.2, 0) is 14.8 Å². The monoisotopic (exact) mass is 514 g/mol. The standard InChI is InChI=1S/C29H26N2O5S/c1-35-25-14-8-21(9-15-25)20-28(22-6-4-3-5-7-22)29(32)30-23-12-18-27(19-13-23)37(33,34)31-24-10-16-26(36-2)17-11-24/h3-20,31H,1-2H3,(H,30,32)/b28-20-. The predicted molar refractivity (Wildman–Crippen MR) is 146 cm³/mol. The summed E-state index contributed by atoms with van der Waals surface area (Å²) in [5.74, 6) is 1.02. The summed E-state index contributed by atoms with van der Waals surface area (Å²) >= 11 is 0. The lowest BCUT2D eigenvalue weighted by Crippen LogP contribution is -2.15. The van der Waals surface area contributed by atoms with E-state index in [4.69, 9.17) is 9.47 Å². The average Bonchev–Trinajstić information content (AvgIpc) is 2.93. The summed E-state index contributed by atoms with van der Waals surface area (Å²) in [4.78, 5) is 13.3. The number of hydrogen-bond acceptors (Lipinski definition) is 5. The maximum absolute atomic E-state index is 13.3. The molecule has 4 aromatic rings. The van der Waals surface area contributed by atoms with Crippen molar-refractivity contribution in [3.63, 3.8) is 0 Å². The number of nitrogens with one attached hydrogen (secondary N) is 2. The van der Waals surface area contributed by atoms with Crippen molar-refractivity contribution in [3.05, 3.63) is 114 Å². The topological polar surface area (TPSA) is 93.7 Å². The molecule has 0 saturated heterocycles. The first kappa shape index (κ1) is 25.5. The normalized spacial score (nSPS) is 11.5. The van der Waals surface area contributed by atoms with E-state index in [-0.39, 0.29) is 10.8 Å². The van der Waals surface area contributed by atoms with Crippen molar-refractivity contribution in [3.8, 4) is 11.5 Å². The van der Waals surface area contributed by atoms with E-state index in [1.54, 1.807) is 49.6 Å². The van der Waals surface area contributed by atoms with Crippen molar-refractivity contribution in [1.82, 2.24) is 0 Å². The van der Waals surface area contributed by atoms with E-state index < -0.39 is 10.0 Å². The Hall–Kier alpha value is -4.56. The Morgan fingerprint density at radius 1 is 0.703 bits per heavy atom. The van der Waals surface area contributed by atoms with Gasteiger partial charge in [-0.05, 0) is 77.9 Å². The van der Waals surface area contributed by atoms with Crippen molar-refractivity contribution < 1.29 is 22.7 Å². The number of carbonyl (C=O) groups is 1. The second kappa shape index (κ2) is 11.5. The van der Waals surface area contributed by atoms with Gasteiger partial charge in [0.05, 0.1) is 19.1 Å². The summed E-state index contributed by atoms with van der Waals surface area (Å²) in [7, 11) is -0.674. The lowest BCUT2D eigenvalue weighted by atomic mass is 10.0. The van der Waals surface area contributed by atoms with E-state index in [0.29, 0.717) is 22.7 Å². The van der Waals surface area contributed by atoms with Gasteiger partial charge in [-0.3, -0.25) is 9.52 Å². The Morgan fingerprint density at radius 2 is 1.24 bits per heavy atom. The molecule has 7 nitrogen and oxygen atoms in total. The first-order valence-electron chi connectivity index (χ1n) is 11.4. The maximum atomic E-state index is 13.3. The molecule has 2 N–H and O–H groups in total. The van der Waals surface area contributed by atoms with E-state index >= 15 is 0 Å². The van der Waals surface area contributed by atoms with Crippen LogP contribution in [0.4, 0.5) is 11.4 Å². The molecule has 37 heavy (non-hydrogen) atoms. The minimum absolute atomic E-state index is 0.0679. The Morgan fingerprint density at radius 3 is 1.81 bits per heavy atom. The molecular formula is C29H26N2O5S. The highest BCUT2D eigenvalue weighted by Crippen LogP contribution is 2.24. The number of ether oxygens (including phenoxy) is 2. The van der Waals surface area contributed by atoms with Crippen LogP contribution >= 0.6 is 0 Å². The van der Waals surface area contributed by atoms with E-state index in [2.05, 4.69) is 10.0 Å². The van der Waals surface area contributed by atoms with E-state index in [0.717, 1.165) is 16.9 Å². The van der Waals surface area contributed by atoms with E-state index in [9.17, 15) is 13.2 Å². The quantitative estimate of drug-likeness (QED) is 0.221. The highest BCUT2D eigenvalue weighted by atomic mass is 32.2. The van der Waals surface area contributed by atoms with Gasteiger partial charge in [0, 0.05) is 16.9 Å². The Balaban J connectivity index is 1.53. The fourth-order valence-corrected chi connectivity index (χ4v) is 4.61. The van der Waals surface area contributed by atoms with Crippen LogP contribution in [0.3, 0.4) is 0 Å². The molecular weight excluding hydrogens is 488 g/mol. The molecule has 0 heterocycles. The fraction of sp³-hybridized carbons (Fsp3) is 0.0690. The zero-order valence-electron chi connectivity index (χ0n) is 20.3. The summed E-state index contributed by atoms with van der Waals surface area (Å²) in [6.07, 6.45) is 1.79. The molecule has 0 spiro atoms. The first-order chi connectivity index (χ1) is 17.9. The van der Waals surface area contributed by atoms with Gasteiger partial charge in [0.1, 0.15) is 11.5 Å². The van der Waals surface area contributed by atoms with Crippen molar-refractivity contribution >= 4 is 39.0 Å². The smallest absolute Gasteiger partial charge is 0.261 e. The van der Waals surface area contributed by atoms with Gasteiger partial charge in [-0.2, -0.15) is 0 Å². The van der Waals surface area contributed by atoms with Crippen molar-refractivity contribution in [2.75, 3.05) is 24.3 Å². The zero-order valence-corrected chi connectivity index (χ0v) is 21.2. The number of rotatable bonds is 9. The molecule has 0 aliphatic rings. The number of amides is 1. The summed E-state index contributed by atoms with van der Waals surface area (Å²) in [5, 5.41) is 2.86. The van der Waals surface area contributed by atoms with Crippen LogP contribution in [0.1, 0.15) is 11.1 Å². The lowest BCUT2D eigenvalue weighted by molar-refractivity contribution is -0.111. The van der Waals surface area contributed by atoms with Crippen LogP contribution in [0.15, 0.2) is 108 Å². The van der Waals surface area contributed by atoms with Gasteiger partial charge in [-0.15, -0.1) is 0 Å². The van der Waals surface area contributed by atoms with Crippen molar-refractivity contribution in [2.24, 2.45) is 0 Å². The summed E-state index contributed by atoms with van der Waals surface area (Å²) < 4.78 is 38.4. The fourth-order valence-electron chi connectivity index (χ4n) is 3.55. The lowest BCUT2D eigenvalue weighted by Gasteiger charge is -2.12. The van der Waals surface area contributed by atoms with Gasteiger partial charge >= 0.3 is 0 Å². The van der Waals surface area contributed by atoms with Crippen molar-refractivity contribution in [2.45, 2.75) is 4.90 Å². The predicted octanol–water partition coefficient (Wildman–Crippen LogP) is 5.68. The molecule has 0 fully saturated rings. The third kappa shape index (κ3) is 6.56. The van der Waals surface area contributed by atoms with Crippen LogP contribution < -0.4 is 19.5 Å². The van der Waals surface area contributed by atoms with Crippen LogP contribution in [0.5, 0.6) is 11.5 Å². The van der Waals surface area contributed by atoms with Gasteiger partial charge in [-0.1, -0.05) is 42.5 Å². The molecule has 8 heteroatoms. The van der Waals surface area contributed by atoms with Gasteiger partial charge in [0.15, 0.2) is 0 Å². The average molecular weight is 515 g/mol. The number of methoxy groups -OCH3 is 2. The van der Waals surface area contributed by atoms with Gasteiger partial charge < -0.3 is 14.8 Å². The SMILES string of the molecule is COc1ccc(/C=C(\C(=O)Nc2ccc(S(=O)(=O)Nc3ccc(OC)cc3)cc2)c2ccccc2)cc1. The Bertz CT molecular complexity index is 1480.